The fourth-order valence-corrected chi connectivity index (χ4v) is 1.28. The van der Waals surface area contributed by atoms with E-state index in [0.29, 0.717) is 0 Å². The zero-order valence-corrected chi connectivity index (χ0v) is 10.6. The van der Waals surface area contributed by atoms with Crippen molar-refractivity contribution in [1.82, 2.24) is 9.55 Å². The van der Waals surface area contributed by atoms with Crippen molar-refractivity contribution < 1.29 is 19.4 Å². The fraction of sp³-hybridized carbons (Fsp3) is 0.545. The van der Waals surface area contributed by atoms with Crippen LogP contribution in [0.4, 0.5) is 4.79 Å². The van der Waals surface area contributed by atoms with Gasteiger partial charge in [0.25, 0.3) is 0 Å². The molecule has 18 heavy (non-hydrogen) atoms. The number of carbonyl (C=O) groups is 2. The van der Waals surface area contributed by atoms with E-state index in [1.807, 2.05) is 0 Å². The molecule has 0 saturated heterocycles. The van der Waals surface area contributed by atoms with Crippen LogP contribution in [0, 0.1) is 0 Å². The average Bonchev–Trinajstić information content (AvgIpc) is 2.64. The summed E-state index contributed by atoms with van der Waals surface area (Å²) in [4.78, 5) is 26.4. The van der Waals surface area contributed by atoms with Crippen LogP contribution in [0.2, 0.25) is 0 Å². The van der Waals surface area contributed by atoms with Crippen LogP contribution < -0.4 is 5.73 Å². The van der Waals surface area contributed by atoms with E-state index in [-0.39, 0.29) is 12.2 Å². The molecule has 0 amide bonds. The summed E-state index contributed by atoms with van der Waals surface area (Å²) in [5, 5.41) is 8.92. The van der Waals surface area contributed by atoms with Crippen molar-refractivity contribution in [1.29, 1.82) is 0 Å². The van der Waals surface area contributed by atoms with E-state index in [0.717, 1.165) is 4.57 Å². The van der Waals surface area contributed by atoms with Gasteiger partial charge in [0.1, 0.15) is 17.8 Å². The van der Waals surface area contributed by atoms with Crippen LogP contribution >= 0.6 is 0 Å². The molecule has 0 aliphatic rings. The van der Waals surface area contributed by atoms with Gasteiger partial charge in [-0.3, -0.25) is 4.79 Å². The number of nitrogens with zero attached hydrogens (tertiary/aromatic N) is 2. The van der Waals surface area contributed by atoms with E-state index in [1.54, 1.807) is 20.8 Å². The highest BCUT2D eigenvalue weighted by atomic mass is 16.6. The quantitative estimate of drug-likeness (QED) is 0.826. The predicted molar refractivity (Wildman–Crippen MR) is 63.3 cm³/mol. The van der Waals surface area contributed by atoms with Gasteiger partial charge in [-0.25, -0.2) is 14.3 Å². The molecule has 0 spiro atoms. The highest BCUT2D eigenvalue weighted by molar-refractivity contribution is 5.76. The third-order valence-electron chi connectivity index (χ3n) is 2.10. The van der Waals surface area contributed by atoms with Crippen LogP contribution in [0.5, 0.6) is 0 Å². The lowest BCUT2D eigenvalue weighted by molar-refractivity contribution is -0.138. The summed E-state index contributed by atoms with van der Waals surface area (Å²) in [5.41, 5.74) is 4.96. The Morgan fingerprint density at radius 1 is 1.56 bits per heavy atom. The summed E-state index contributed by atoms with van der Waals surface area (Å²) in [6, 6.07) is 0. The van der Waals surface area contributed by atoms with Gasteiger partial charge in [-0.1, -0.05) is 0 Å². The van der Waals surface area contributed by atoms with E-state index in [9.17, 15) is 9.59 Å². The Balaban J connectivity index is 2.86. The maximum absolute atomic E-state index is 11.7. The summed E-state index contributed by atoms with van der Waals surface area (Å²) in [5.74, 6) is -2.00. The molecule has 0 aliphatic heterocycles. The highest BCUT2D eigenvalue weighted by Crippen LogP contribution is 2.14. The highest BCUT2D eigenvalue weighted by Gasteiger charge is 2.23. The molecule has 1 atom stereocenters. The number of carboxylic acid groups (broad SMARTS) is 1. The van der Waals surface area contributed by atoms with Gasteiger partial charge < -0.3 is 15.6 Å². The van der Waals surface area contributed by atoms with Gasteiger partial charge in [0.05, 0.1) is 5.69 Å². The van der Waals surface area contributed by atoms with Crippen LogP contribution in [-0.4, -0.2) is 38.9 Å². The minimum atomic E-state index is -1.08. The smallest absolute Gasteiger partial charge is 0.419 e. The van der Waals surface area contributed by atoms with E-state index in [1.165, 1.54) is 12.5 Å². The van der Waals surface area contributed by atoms with Crippen molar-refractivity contribution >= 4 is 12.1 Å². The Morgan fingerprint density at radius 2 is 2.17 bits per heavy atom. The first kappa shape index (κ1) is 14.2. The van der Waals surface area contributed by atoms with Crippen LogP contribution in [0.3, 0.4) is 0 Å². The van der Waals surface area contributed by atoms with Crippen LogP contribution in [0.15, 0.2) is 12.5 Å². The summed E-state index contributed by atoms with van der Waals surface area (Å²) in [6.45, 7) is 5.13. The number of carboxylic acids is 1. The Hall–Kier alpha value is -1.89. The van der Waals surface area contributed by atoms with Crippen molar-refractivity contribution in [2.75, 3.05) is 6.54 Å². The molecule has 7 nitrogen and oxygen atoms in total. The molecule has 1 aromatic rings. The lowest BCUT2D eigenvalue weighted by Crippen LogP contribution is -2.26. The number of aliphatic carboxylic acids is 1. The minimum Gasteiger partial charge on any atom is -0.481 e. The third kappa shape index (κ3) is 3.56. The molecular weight excluding hydrogens is 238 g/mol. The zero-order valence-electron chi connectivity index (χ0n) is 10.6. The monoisotopic (exact) mass is 255 g/mol. The Morgan fingerprint density at radius 3 is 2.61 bits per heavy atom. The largest absolute Gasteiger partial charge is 0.481 e. The molecule has 1 heterocycles. The Kier molecular flexibility index (Phi) is 4.07. The zero-order chi connectivity index (χ0) is 13.9. The Labute approximate surface area is 105 Å². The fourth-order valence-electron chi connectivity index (χ4n) is 1.28. The second kappa shape index (κ2) is 5.18. The Bertz CT molecular complexity index is 447. The number of carbonyl (C=O) groups excluding carboxylic acids is 1. The molecule has 0 fully saturated rings. The van der Waals surface area contributed by atoms with Crippen molar-refractivity contribution in [2.24, 2.45) is 5.73 Å². The van der Waals surface area contributed by atoms with Gasteiger partial charge in [-0.15, -0.1) is 0 Å². The van der Waals surface area contributed by atoms with Crippen molar-refractivity contribution in [3.63, 3.8) is 0 Å². The molecule has 1 unspecified atom stereocenters. The lowest BCUT2D eigenvalue weighted by Gasteiger charge is -2.19. The minimum absolute atomic E-state index is 0.0827. The van der Waals surface area contributed by atoms with Gasteiger partial charge in [0.15, 0.2) is 0 Å². The molecule has 1 aromatic heterocycles. The number of imidazole rings is 1. The van der Waals surface area contributed by atoms with E-state index >= 15 is 0 Å². The van der Waals surface area contributed by atoms with Gasteiger partial charge in [-0.05, 0) is 20.8 Å². The topological polar surface area (TPSA) is 107 Å². The maximum atomic E-state index is 11.7. The summed E-state index contributed by atoms with van der Waals surface area (Å²) in [7, 11) is 0. The van der Waals surface area contributed by atoms with E-state index < -0.39 is 23.6 Å². The first-order valence-electron chi connectivity index (χ1n) is 5.44. The molecule has 100 valence electrons. The number of ether oxygens (including phenoxy) is 1. The van der Waals surface area contributed by atoms with Crippen molar-refractivity contribution in [3.8, 4) is 0 Å². The molecule has 0 aromatic carbocycles. The standard InChI is InChI=1S/C11H17N3O4/c1-11(2,3)18-10(17)14-5-8(13-6-14)7(4-12)9(15)16/h5-7H,4,12H2,1-3H3,(H,15,16). The molecule has 3 N–H and O–H groups in total. The molecule has 7 heteroatoms. The second-order valence-electron chi connectivity index (χ2n) is 4.81. The average molecular weight is 255 g/mol. The molecule has 0 aliphatic carbocycles. The van der Waals surface area contributed by atoms with Crippen molar-refractivity contribution in [2.45, 2.75) is 32.3 Å². The summed E-state index contributed by atoms with van der Waals surface area (Å²) < 4.78 is 6.22. The van der Waals surface area contributed by atoms with Gasteiger partial charge >= 0.3 is 12.1 Å². The van der Waals surface area contributed by atoms with E-state index in [2.05, 4.69) is 4.98 Å². The van der Waals surface area contributed by atoms with Gasteiger partial charge in [0, 0.05) is 12.7 Å². The first-order valence-corrected chi connectivity index (χ1v) is 5.44. The number of hydrogen-bond donors (Lipinski definition) is 2. The normalized spacial score (nSPS) is 13.1. The lowest BCUT2D eigenvalue weighted by atomic mass is 10.1. The first-order chi connectivity index (χ1) is 8.24. The molecular formula is C11H17N3O4. The molecule has 0 saturated carbocycles. The molecule has 0 bridgehead atoms. The number of aromatic nitrogens is 2. The third-order valence-corrected chi connectivity index (χ3v) is 2.10. The van der Waals surface area contributed by atoms with Gasteiger partial charge in [-0.2, -0.15) is 0 Å². The molecule has 0 radical (unpaired) electrons. The predicted octanol–water partition coefficient (Wildman–Crippen LogP) is 0.793. The maximum Gasteiger partial charge on any atom is 0.419 e. The van der Waals surface area contributed by atoms with Crippen molar-refractivity contribution in [3.05, 3.63) is 18.2 Å². The molecule has 1 rings (SSSR count). The van der Waals surface area contributed by atoms with E-state index in [4.69, 9.17) is 15.6 Å². The van der Waals surface area contributed by atoms with Gasteiger partial charge in [0.2, 0.25) is 0 Å². The number of hydrogen-bond acceptors (Lipinski definition) is 5. The summed E-state index contributed by atoms with van der Waals surface area (Å²) >= 11 is 0. The number of nitrogens with two attached hydrogens (primary N) is 1. The van der Waals surface area contributed by atoms with Crippen LogP contribution in [-0.2, 0) is 9.53 Å². The second-order valence-corrected chi connectivity index (χ2v) is 4.81. The summed E-state index contributed by atoms with van der Waals surface area (Å²) in [6.07, 6.45) is 1.93. The number of rotatable bonds is 3. The SMILES string of the molecule is CC(C)(C)OC(=O)n1cnc(C(CN)C(=O)O)c1. The van der Waals surface area contributed by atoms with Crippen LogP contribution in [0.25, 0.3) is 0 Å². The van der Waals surface area contributed by atoms with Crippen LogP contribution in [0.1, 0.15) is 32.4 Å².